The van der Waals surface area contributed by atoms with Gasteiger partial charge in [-0.3, -0.25) is 4.90 Å². The number of halogens is 1. The van der Waals surface area contributed by atoms with Crippen molar-refractivity contribution in [1.29, 1.82) is 0 Å². The van der Waals surface area contributed by atoms with E-state index in [4.69, 9.17) is 0 Å². The van der Waals surface area contributed by atoms with E-state index in [9.17, 15) is 0 Å². The van der Waals surface area contributed by atoms with Gasteiger partial charge in [0.25, 0.3) is 0 Å². The van der Waals surface area contributed by atoms with E-state index in [0.29, 0.717) is 0 Å². The lowest BCUT2D eigenvalue weighted by molar-refractivity contribution is 0.315. The zero-order chi connectivity index (χ0) is 7.84. The third kappa shape index (κ3) is 1.57. The van der Waals surface area contributed by atoms with Crippen LogP contribution in [0.25, 0.3) is 0 Å². The molecule has 0 amide bonds. The highest BCUT2D eigenvalue weighted by atomic mass is 127. The smallest absolute Gasteiger partial charge is 0.0590 e. The Balaban J connectivity index is 1.94. The van der Waals surface area contributed by atoms with Crippen molar-refractivity contribution in [1.82, 2.24) is 4.90 Å². The van der Waals surface area contributed by atoms with Gasteiger partial charge in [-0.25, -0.2) is 0 Å². The van der Waals surface area contributed by atoms with Crippen molar-refractivity contribution in [3.8, 4) is 0 Å². The predicted molar refractivity (Wildman–Crippen MR) is 55.9 cm³/mol. The average molecular weight is 265 g/mol. The quantitative estimate of drug-likeness (QED) is 0.400. The predicted octanol–water partition coefficient (Wildman–Crippen LogP) is 2.50. The summed E-state index contributed by atoms with van der Waals surface area (Å²) in [5.74, 6) is 2.12. The summed E-state index contributed by atoms with van der Waals surface area (Å²) < 4.78 is 0.748. The molecule has 2 heteroatoms. The van der Waals surface area contributed by atoms with Gasteiger partial charge in [0.1, 0.15) is 0 Å². The number of hydrogen-bond donors (Lipinski definition) is 0. The maximum Gasteiger partial charge on any atom is 0.0590 e. The van der Waals surface area contributed by atoms with Crippen molar-refractivity contribution in [3.05, 3.63) is 0 Å². The summed E-state index contributed by atoms with van der Waals surface area (Å²) in [6.07, 6.45) is 4.51. The molecule has 2 rings (SSSR count). The van der Waals surface area contributed by atoms with Gasteiger partial charge in [0.05, 0.1) is 4.05 Å². The van der Waals surface area contributed by atoms with Crippen molar-refractivity contribution in [2.45, 2.75) is 30.2 Å². The summed E-state index contributed by atoms with van der Waals surface area (Å²) in [5, 5.41) is 0. The standard InChI is InChI=1S/C9H16IN/c1-7(10)11-5-8-3-2-4-9(8)6-11/h7-9H,2-6H2,1H3. The fraction of sp³-hybridized carbons (Fsp3) is 1.00. The highest BCUT2D eigenvalue weighted by Gasteiger charge is 2.36. The Bertz CT molecular complexity index is 134. The molecule has 0 N–H and O–H groups in total. The molecule has 3 unspecified atom stereocenters. The Morgan fingerprint density at radius 1 is 1.27 bits per heavy atom. The largest absolute Gasteiger partial charge is 0.291 e. The van der Waals surface area contributed by atoms with Crippen molar-refractivity contribution >= 4 is 22.6 Å². The molecule has 0 aromatic carbocycles. The minimum absolute atomic E-state index is 0.748. The van der Waals surface area contributed by atoms with Gasteiger partial charge in [0, 0.05) is 13.1 Å². The fourth-order valence-electron chi connectivity index (χ4n) is 2.56. The van der Waals surface area contributed by atoms with Crippen molar-refractivity contribution < 1.29 is 0 Å². The van der Waals surface area contributed by atoms with Crippen LogP contribution in [-0.2, 0) is 0 Å². The highest BCUT2D eigenvalue weighted by Crippen LogP contribution is 2.38. The van der Waals surface area contributed by atoms with E-state index < -0.39 is 0 Å². The first-order valence-electron chi connectivity index (χ1n) is 4.65. The molecule has 1 saturated heterocycles. The van der Waals surface area contributed by atoms with Crippen molar-refractivity contribution in [2.75, 3.05) is 13.1 Å². The summed E-state index contributed by atoms with van der Waals surface area (Å²) in [6, 6.07) is 0. The zero-order valence-electron chi connectivity index (χ0n) is 7.09. The van der Waals surface area contributed by atoms with Crippen LogP contribution in [0.3, 0.4) is 0 Å². The molecule has 0 bridgehead atoms. The first-order chi connectivity index (χ1) is 5.27. The molecule has 11 heavy (non-hydrogen) atoms. The highest BCUT2D eigenvalue weighted by molar-refractivity contribution is 14.1. The molecule has 3 atom stereocenters. The van der Waals surface area contributed by atoms with Crippen LogP contribution < -0.4 is 0 Å². The van der Waals surface area contributed by atoms with Crippen LogP contribution in [0.5, 0.6) is 0 Å². The van der Waals surface area contributed by atoms with Gasteiger partial charge in [-0.05, 0) is 31.6 Å². The van der Waals surface area contributed by atoms with Gasteiger partial charge in [0.15, 0.2) is 0 Å². The number of alkyl halides is 1. The normalized spacial score (nSPS) is 40.9. The molecule has 1 aliphatic heterocycles. The van der Waals surface area contributed by atoms with Crippen molar-refractivity contribution in [3.63, 3.8) is 0 Å². The summed E-state index contributed by atoms with van der Waals surface area (Å²) in [4.78, 5) is 2.63. The van der Waals surface area contributed by atoms with Gasteiger partial charge in [-0.2, -0.15) is 0 Å². The second kappa shape index (κ2) is 3.21. The third-order valence-corrected chi connectivity index (χ3v) is 4.05. The van der Waals surface area contributed by atoms with Crippen LogP contribution in [0.15, 0.2) is 0 Å². The first-order valence-corrected chi connectivity index (χ1v) is 5.90. The lowest BCUT2D eigenvalue weighted by Gasteiger charge is -2.19. The molecule has 1 nitrogen and oxygen atoms in total. The van der Waals surface area contributed by atoms with Crippen LogP contribution in [0.1, 0.15) is 26.2 Å². The molecule has 0 spiro atoms. The summed E-state index contributed by atoms with van der Waals surface area (Å²) >= 11 is 2.53. The molecule has 1 saturated carbocycles. The molecule has 0 aromatic rings. The minimum atomic E-state index is 0.748. The average Bonchev–Trinajstić information content (AvgIpc) is 2.40. The van der Waals surface area contributed by atoms with E-state index in [1.165, 1.54) is 32.4 Å². The van der Waals surface area contributed by atoms with Gasteiger partial charge >= 0.3 is 0 Å². The Hall–Kier alpha value is 0.690. The number of fused-ring (bicyclic) bond motifs is 1. The molecular formula is C9H16IN. The maximum absolute atomic E-state index is 2.63. The molecule has 64 valence electrons. The monoisotopic (exact) mass is 265 g/mol. The van der Waals surface area contributed by atoms with Gasteiger partial charge in [0.2, 0.25) is 0 Å². The topological polar surface area (TPSA) is 3.24 Å². The van der Waals surface area contributed by atoms with Gasteiger partial charge in [-0.1, -0.05) is 29.0 Å². The van der Waals surface area contributed by atoms with Crippen LogP contribution >= 0.6 is 22.6 Å². The third-order valence-electron chi connectivity index (χ3n) is 3.26. The Morgan fingerprint density at radius 3 is 2.27 bits per heavy atom. The molecule has 1 aliphatic carbocycles. The van der Waals surface area contributed by atoms with E-state index in [-0.39, 0.29) is 0 Å². The lowest BCUT2D eigenvalue weighted by Crippen LogP contribution is -2.26. The maximum atomic E-state index is 2.63. The molecule has 0 aromatic heterocycles. The molecule has 1 heterocycles. The summed E-state index contributed by atoms with van der Waals surface area (Å²) in [5.41, 5.74) is 0. The van der Waals surface area contributed by atoms with Crippen LogP contribution in [0, 0.1) is 11.8 Å². The van der Waals surface area contributed by atoms with E-state index in [1.54, 1.807) is 0 Å². The second-order valence-electron chi connectivity index (χ2n) is 3.98. The minimum Gasteiger partial charge on any atom is -0.291 e. The second-order valence-corrected chi connectivity index (χ2v) is 5.78. The Kier molecular flexibility index (Phi) is 2.42. The van der Waals surface area contributed by atoms with E-state index in [0.717, 1.165) is 15.9 Å². The summed E-state index contributed by atoms with van der Waals surface area (Å²) in [7, 11) is 0. The molecular weight excluding hydrogens is 249 g/mol. The van der Waals surface area contributed by atoms with E-state index in [1.807, 2.05) is 0 Å². The lowest BCUT2D eigenvalue weighted by atomic mass is 10.0. The number of hydrogen-bond acceptors (Lipinski definition) is 1. The SMILES string of the molecule is CC(I)N1CC2CCCC2C1. The van der Waals surface area contributed by atoms with E-state index in [2.05, 4.69) is 34.4 Å². The van der Waals surface area contributed by atoms with Crippen molar-refractivity contribution in [2.24, 2.45) is 11.8 Å². The van der Waals surface area contributed by atoms with Gasteiger partial charge in [-0.15, -0.1) is 0 Å². The molecule has 0 radical (unpaired) electrons. The number of rotatable bonds is 1. The van der Waals surface area contributed by atoms with E-state index >= 15 is 0 Å². The van der Waals surface area contributed by atoms with Crippen LogP contribution in [0.2, 0.25) is 0 Å². The summed E-state index contributed by atoms with van der Waals surface area (Å²) in [6.45, 7) is 5.07. The van der Waals surface area contributed by atoms with Crippen LogP contribution in [-0.4, -0.2) is 22.0 Å². The Morgan fingerprint density at radius 2 is 1.82 bits per heavy atom. The zero-order valence-corrected chi connectivity index (χ0v) is 9.25. The van der Waals surface area contributed by atoms with Gasteiger partial charge < -0.3 is 0 Å². The van der Waals surface area contributed by atoms with Crippen LogP contribution in [0.4, 0.5) is 0 Å². The Labute approximate surface area is 82.7 Å². The molecule has 2 aliphatic rings. The number of likely N-dealkylation sites (tertiary alicyclic amines) is 1. The first kappa shape index (κ1) is 8.30. The molecule has 2 fully saturated rings. The fourth-order valence-corrected chi connectivity index (χ4v) is 3.02. The number of nitrogens with zero attached hydrogens (tertiary/aromatic N) is 1.